The molecule has 0 aromatic heterocycles. The summed E-state index contributed by atoms with van der Waals surface area (Å²) in [6, 6.07) is 6.56. The van der Waals surface area contributed by atoms with Crippen molar-refractivity contribution < 1.29 is 9.66 Å². The highest BCUT2D eigenvalue weighted by atomic mass is 127. The first-order chi connectivity index (χ1) is 13.0. The van der Waals surface area contributed by atoms with Gasteiger partial charge in [0.1, 0.15) is 0 Å². The quantitative estimate of drug-likeness (QED) is 0.146. The number of methoxy groups -OCH3 is 1. The van der Waals surface area contributed by atoms with E-state index < -0.39 is 0 Å². The maximum Gasteiger partial charge on any atom is 0.269 e. The van der Waals surface area contributed by atoms with Gasteiger partial charge in [-0.05, 0) is 11.5 Å². The molecule has 0 saturated carbocycles. The summed E-state index contributed by atoms with van der Waals surface area (Å²) in [6.45, 7) is 11.3. The van der Waals surface area contributed by atoms with Crippen LogP contribution < -0.4 is 5.32 Å². The van der Waals surface area contributed by atoms with Gasteiger partial charge in [-0.25, -0.2) is 4.99 Å². The molecule has 0 bridgehead atoms. The lowest BCUT2D eigenvalue weighted by Crippen LogP contribution is -2.53. The van der Waals surface area contributed by atoms with Crippen LogP contribution in [0.4, 0.5) is 5.69 Å². The van der Waals surface area contributed by atoms with E-state index in [1.165, 1.54) is 12.1 Å². The van der Waals surface area contributed by atoms with Crippen LogP contribution in [0.3, 0.4) is 0 Å². The zero-order valence-corrected chi connectivity index (χ0v) is 19.3. The minimum Gasteiger partial charge on any atom is -0.383 e. The van der Waals surface area contributed by atoms with Gasteiger partial charge in [-0.1, -0.05) is 26.0 Å². The van der Waals surface area contributed by atoms with Crippen LogP contribution in [0.15, 0.2) is 29.3 Å². The van der Waals surface area contributed by atoms with Crippen molar-refractivity contribution in [3.05, 3.63) is 39.9 Å². The molecule has 8 nitrogen and oxygen atoms in total. The van der Waals surface area contributed by atoms with E-state index >= 15 is 0 Å². The molecule has 1 fully saturated rings. The van der Waals surface area contributed by atoms with Crippen molar-refractivity contribution in [3.63, 3.8) is 0 Å². The molecule has 1 aliphatic rings. The molecule has 0 aliphatic carbocycles. The van der Waals surface area contributed by atoms with E-state index in [1.807, 2.05) is 0 Å². The fourth-order valence-electron chi connectivity index (χ4n) is 3.08. The molecule has 9 heteroatoms. The minimum absolute atomic E-state index is 0. The molecule has 0 unspecified atom stereocenters. The van der Waals surface area contributed by atoms with Crippen LogP contribution in [0.25, 0.3) is 0 Å². The summed E-state index contributed by atoms with van der Waals surface area (Å²) < 4.78 is 5.13. The normalized spacial score (nSPS) is 15.4. The monoisotopic (exact) mass is 505 g/mol. The molecule has 1 heterocycles. The highest BCUT2D eigenvalue weighted by molar-refractivity contribution is 14.0. The second-order valence-corrected chi connectivity index (χ2v) is 7.16. The predicted molar refractivity (Wildman–Crippen MR) is 122 cm³/mol. The number of hydrogen-bond acceptors (Lipinski definition) is 5. The zero-order chi connectivity index (χ0) is 19.6. The molecular formula is C19H32IN5O3. The van der Waals surface area contributed by atoms with Gasteiger partial charge in [-0.3, -0.25) is 15.0 Å². The van der Waals surface area contributed by atoms with E-state index in [0.717, 1.165) is 44.2 Å². The van der Waals surface area contributed by atoms with E-state index in [9.17, 15) is 10.1 Å². The highest BCUT2D eigenvalue weighted by Gasteiger charge is 2.20. The minimum atomic E-state index is -0.387. The van der Waals surface area contributed by atoms with Crippen molar-refractivity contribution in [3.8, 4) is 0 Å². The van der Waals surface area contributed by atoms with Crippen molar-refractivity contribution in [1.82, 2.24) is 15.1 Å². The Labute approximate surface area is 184 Å². The number of aliphatic imine (C=N–C) groups is 1. The Morgan fingerprint density at radius 1 is 1.25 bits per heavy atom. The number of benzene rings is 1. The number of nitrogens with one attached hydrogen (secondary N) is 1. The molecule has 0 radical (unpaired) electrons. The van der Waals surface area contributed by atoms with Crippen LogP contribution in [-0.2, 0) is 11.3 Å². The maximum atomic E-state index is 10.8. The number of halogens is 1. The van der Waals surface area contributed by atoms with Gasteiger partial charge in [0.15, 0.2) is 5.96 Å². The van der Waals surface area contributed by atoms with E-state index in [2.05, 4.69) is 29.0 Å². The van der Waals surface area contributed by atoms with Gasteiger partial charge >= 0.3 is 0 Å². The Kier molecular flexibility index (Phi) is 11.3. The molecule has 158 valence electrons. The fraction of sp³-hybridized carbons (Fsp3) is 0.632. The van der Waals surface area contributed by atoms with Crippen LogP contribution in [-0.4, -0.2) is 73.7 Å². The van der Waals surface area contributed by atoms with Gasteiger partial charge in [0.2, 0.25) is 0 Å². The summed E-state index contributed by atoms with van der Waals surface area (Å²) in [6.07, 6.45) is 0. The highest BCUT2D eigenvalue weighted by Crippen LogP contribution is 2.13. The molecule has 1 saturated heterocycles. The summed E-state index contributed by atoms with van der Waals surface area (Å²) in [5.74, 6) is 1.54. The van der Waals surface area contributed by atoms with Crippen molar-refractivity contribution in [1.29, 1.82) is 0 Å². The first-order valence-corrected chi connectivity index (χ1v) is 9.47. The number of nitro groups is 1. The van der Waals surface area contributed by atoms with Crippen molar-refractivity contribution in [2.45, 2.75) is 20.4 Å². The largest absolute Gasteiger partial charge is 0.383 e. The molecule has 1 aromatic carbocycles. The summed E-state index contributed by atoms with van der Waals surface area (Å²) in [5.41, 5.74) is 1.05. The van der Waals surface area contributed by atoms with Crippen molar-refractivity contribution in [2.75, 3.05) is 53.0 Å². The molecule has 2 rings (SSSR count). The Bertz CT molecular complexity index is 617. The number of nitrogens with zero attached hydrogens (tertiary/aromatic N) is 4. The fourth-order valence-corrected chi connectivity index (χ4v) is 3.08. The molecular weight excluding hydrogens is 473 g/mol. The lowest BCUT2D eigenvalue weighted by molar-refractivity contribution is -0.384. The summed E-state index contributed by atoms with van der Waals surface area (Å²) in [5, 5.41) is 14.1. The van der Waals surface area contributed by atoms with Gasteiger partial charge in [-0.15, -0.1) is 24.0 Å². The van der Waals surface area contributed by atoms with E-state index in [-0.39, 0.29) is 34.6 Å². The SMILES string of the molecule is COCCNC(=NCc1ccc([N+](=O)[O-])cc1)N1CCN(CC(C)C)CC1.I. The van der Waals surface area contributed by atoms with Gasteiger partial charge in [0, 0.05) is 58.5 Å². The van der Waals surface area contributed by atoms with Gasteiger partial charge < -0.3 is 15.0 Å². The first-order valence-electron chi connectivity index (χ1n) is 9.47. The van der Waals surface area contributed by atoms with Crippen LogP contribution >= 0.6 is 24.0 Å². The third kappa shape index (κ3) is 8.27. The molecule has 1 aromatic rings. The standard InChI is InChI=1S/C19H31N5O3.HI/c1-16(2)15-22-9-11-23(12-10-22)19(20-8-13-27-3)21-14-17-4-6-18(7-5-17)24(25)26;/h4-7,16H,8-15H2,1-3H3,(H,20,21);1H. The van der Waals surface area contributed by atoms with E-state index in [1.54, 1.807) is 19.2 Å². The van der Waals surface area contributed by atoms with Gasteiger partial charge in [0.05, 0.1) is 18.1 Å². The molecule has 0 spiro atoms. The van der Waals surface area contributed by atoms with Gasteiger partial charge in [-0.2, -0.15) is 0 Å². The number of guanidine groups is 1. The number of piperazine rings is 1. The molecule has 0 amide bonds. The number of rotatable bonds is 8. The topological polar surface area (TPSA) is 83.2 Å². The lowest BCUT2D eigenvalue weighted by Gasteiger charge is -2.37. The molecule has 0 atom stereocenters. The zero-order valence-electron chi connectivity index (χ0n) is 17.0. The average molecular weight is 505 g/mol. The summed E-state index contributed by atoms with van der Waals surface area (Å²) >= 11 is 0. The van der Waals surface area contributed by atoms with Crippen LogP contribution in [0.1, 0.15) is 19.4 Å². The second-order valence-electron chi connectivity index (χ2n) is 7.16. The van der Waals surface area contributed by atoms with Crippen LogP contribution in [0, 0.1) is 16.0 Å². The van der Waals surface area contributed by atoms with E-state index in [0.29, 0.717) is 25.6 Å². The van der Waals surface area contributed by atoms with Crippen molar-refractivity contribution >= 4 is 35.6 Å². The number of ether oxygens (including phenoxy) is 1. The molecule has 28 heavy (non-hydrogen) atoms. The smallest absolute Gasteiger partial charge is 0.269 e. The Hall–Kier alpha value is -1.46. The van der Waals surface area contributed by atoms with Crippen molar-refractivity contribution in [2.24, 2.45) is 10.9 Å². The molecule has 1 aliphatic heterocycles. The maximum absolute atomic E-state index is 10.8. The van der Waals surface area contributed by atoms with E-state index in [4.69, 9.17) is 9.73 Å². The number of non-ortho nitro benzene ring substituents is 1. The predicted octanol–water partition coefficient (Wildman–Crippen LogP) is 2.58. The molecule has 1 N–H and O–H groups in total. The first kappa shape index (κ1) is 24.6. The number of nitro benzene ring substituents is 1. The summed E-state index contributed by atoms with van der Waals surface area (Å²) in [4.78, 5) is 19.9. The van der Waals surface area contributed by atoms with Crippen LogP contribution in [0.2, 0.25) is 0 Å². The Balaban J connectivity index is 0.00000392. The summed E-state index contributed by atoms with van der Waals surface area (Å²) in [7, 11) is 1.68. The average Bonchev–Trinajstić information content (AvgIpc) is 2.65. The third-order valence-corrected chi connectivity index (χ3v) is 4.44. The third-order valence-electron chi connectivity index (χ3n) is 4.44. The van der Waals surface area contributed by atoms with Crippen LogP contribution in [0.5, 0.6) is 0 Å². The number of hydrogen-bond donors (Lipinski definition) is 1. The lowest BCUT2D eigenvalue weighted by atomic mass is 10.2. The second kappa shape index (κ2) is 12.9. The Morgan fingerprint density at radius 3 is 2.43 bits per heavy atom. The van der Waals surface area contributed by atoms with Gasteiger partial charge in [0.25, 0.3) is 5.69 Å². The Morgan fingerprint density at radius 2 is 1.89 bits per heavy atom.